The van der Waals surface area contributed by atoms with Crippen LogP contribution in [0.2, 0.25) is 0 Å². The summed E-state index contributed by atoms with van der Waals surface area (Å²) in [5, 5.41) is 2.35. The quantitative estimate of drug-likeness (QED) is 0.382. The summed E-state index contributed by atoms with van der Waals surface area (Å²) in [5.74, 6) is 0.506. The fourth-order valence-corrected chi connectivity index (χ4v) is 3.14. The molecule has 0 atom stereocenters. The van der Waals surface area contributed by atoms with E-state index in [-0.39, 0.29) is 11.6 Å². The summed E-state index contributed by atoms with van der Waals surface area (Å²) >= 11 is 0. The Morgan fingerprint density at radius 2 is 1.81 bits per heavy atom. The lowest BCUT2D eigenvalue weighted by Crippen LogP contribution is -2.86. The highest BCUT2D eigenvalue weighted by Gasteiger charge is 2.35. The molecule has 3 heteroatoms. The summed E-state index contributed by atoms with van der Waals surface area (Å²) in [6.07, 6.45) is 11.7. The van der Waals surface area contributed by atoms with Gasteiger partial charge in [0, 0.05) is 25.2 Å². The van der Waals surface area contributed by atoms with Crippen LogP contribution in [0.15, 0.2) is 12.7 Å². The van der Waals surface area contributed by atoms with Crippen molar-refractivity contribution >= 4 is 5.97 Å². The molecular weight excluding hydrogens is 262 g/mol. The first kappa shape index (κ1) is 18.2. The Morgan fingerprint density at radius 3 is 2.48 bits per heavy atom. The SMILES string of the molecule is C=CCCCCCCCC(=O)OC(C)(C)C1CC[NH2+]CC1. The van der Waals surface area contributed by atoms with E-state index in [9.17, 15) is 4.79 Å². The van der Waals surface area contributed by atoms with Crippen molar-refractivity contribution < 1.29 is 14.8 Å². The van der Waals surface area contributed by atoms with Crippen LogP contribution in [0.25, 0.3) is 0 Å². The van der Waals surface area contributed by atoms with Crippen LogP contribution in [0.1, 0.15) is 71.6 Å². The standard InChI is InChI=1S/C18H33NO2/c1-4-5-6-7-8-9-10-11-17(20)21-18(2,3)16-12-14-19-15-13-16/h4,16,19H,1,5-15H2,2-3H3/p+1. The second-order valence-corrected chi connectivity index (χ2v) is 6.81. The Balaban J connectivity index is 2.12. The van der Waals surface area contributed by atoms with Crippen LogP contribution in [0.3, 0.4) is 0 Å². The molecule has 1 aliphatic rings. The van der Waals surface area contributed by atoms with Gasteiger partial charge in [0.1, 0.15) is 5.60 Å². The highest BCUT2D eigenvalue weighted by Crippen LogP contribution is 2.28. The van der Waals surface area contributed by atoms with Crippen molar-refractivity contribution in [2.75, 3.05) is 13.1 Å². The summed E-state index contributed by atoms with van der Waals surface area (Å²) in [6.45, 7) is 10.2. The van der Waals surface area contributed by atoms with Gasteiger partial charge < -0.3 is 10.1 Å². The molecule has 1 rings (SSSR count). The molecule has 0 unspecified atom stereocenters. The molecule has 1 heterocycles. The van der Waals surface area contributed by atoms with Crippen LogP contribution in [0.5, 0.6) is 0 Å². The lowest BCUT2D eigenvalue weighted by atomic mass is 9.83. The lowest BCUT2D eigenvalue weighted by molar-refractivity contribution is -0.665. The van der Waals surface area contributed by atoms with Gasteiger partial charge >= 0.3 is 5.97 Å². The molecule has 0 radical (unpaired) electrons. The van der Waals surface area contributed by atoms with Crippen molar-refractivity contribution in [3.8, 4) is 0 Å². The van der Waals surface area contributed by atoms with Crippen molar-refractivity contribution in [2.24, 2.45) is 5.92 Å². The number of unbranched alkanes of at least 4 members (excludes halogenated alkanes) is 5. The Hall–Kier alpha value is -0.830. The van der Waals surface area contributed by atoms with Gasteiger partial charge in [0.25, 0.3) is 0 Å². The lowest BCUT2D eigenvalue weighted by Gasteiger charge is -2.35. The number of rotatable bonds is 10. The van der Waals surface area contributed by atoms with Gasteiger partial charge in [-0.05, 0) is 33.1 Å². The van der Waals surface area contributed by atoms with E-state index in [0.717, 1.165) is 45.2 Å². The number of hydrogen-bond donors (Lipinski definition) is 1. The van der Waals surface area contributed by atoms with Gasteiger partial charge in [-0.3, -0.25) is 4.79 Å². The van der Waals surface area contributed by atoms with Gasteiger partial charge in [-0.15, -0.1) is 6.58 Å². The zero-order valence-electron chi connectivity index (χ0n) is 14.0. The molecule has 0 aromatic heterocycles. The first-order chi connectivity index (χ1) is 10.1. The van der Waals surface area contributed by atoms with E-state index in [1.165, 1.54) is 19.3 Å². The molecule has 0 aromatic rings. The Labute approximate surface area is 130 Å². The topological polar surface area (TPSA) is 42.9 Å². The number of esters is 1. The van der Waals surface area contributed by atoms with Crippen molar-refractivity contribution in [1.29, 1.82) is 0 Å². The third-order valence-corrected chi connectivity index (χ3v) is 4.59. The normalized spacial score (nSPS) is 16.7. The molecular formula is C18H34NO2+. The first-order valence-corrected chi connectivity index (χ1v) is 8.70. The van der Waals surface area contributed by atoms with E-state index in [2.05, 4.69) is 25.7 Å². The van der Waals surface area contributed by atoms with Crippen molar-refractivity contribution in [1.82, 2.24) is 0 Å². The molecule has 122 valence electrons. The number of hydrogen-bond acceptors (Lipinski definition) is 2. The summed E-state index contributed by atoms with van der Waals surface area (Å²) in [6, 6.07) is 0. The summed E-state index contributed by atoms with van der Waals surface area (Å²) < 4.78 is 5.76. The van der Waals surface area contributed by atoms with Crippen LogP contribution in [0, 0.1) is 5.92 Å². The predicted molar refractivity (Wildman–Crippen MR) is 87.1 cm³/mol. The number of carbonyl (C=O) groups is 1. The molecule has 0 saturated carbocycles. The minimum absolute atomic E-state index is 0.0133. The first-order valence-electron chi connectivity index (χ1n) is 8.70. The molecule has 21 heavy (non-hydrogen) atoms. The zero-order chi connectivity index (χ0) is 15.6. The average molecular weight is 296 g/mol. The zero-order valence-corrected chi connectivity index (χ0v) is 14.0. The second-order valence-electron chi connectivity index (χ2n) is 6.81. The number of quaternary nitrogens is 1. The van der Waals surface area contributed by atoms with Crippen LogP contribution in [-0.2, 0) is 9.53 Å². The number of piperidine rings is 1. The van der Waals surface area contributed by atoms with E-state index in [1.807, 2.05) is 6.08 Å². The smallest absolute Gasteiger partial charge is 0.306 e. The van der Waals surface area contributed by atoms with Crippen LogP contribution in [0.4, 0.5) is 0 Å². The highest BCUT2D eigenvalue weighted by molar-refractivity contribution is 5.69. The number of ether oxygens (including phenoxy) is 1. The third kappa shape index (κ3) is 7.66. The minimum Gasteiger partial charge on any atom is -0.459 e. The Kier molecular flexibility index (Phi) is 8.67. The molecule has 2 N–H and O–H groups in total. The number of nitrogens with two attached hydrogens (primary N) is 1. The van der Waals surface area contributed by atoms with Crippen molar-refractivity contribution in [3.05, 3.63) is 12.7 Å². The molecule has 1 fully saturated rings. The molecule has 0 bridgehead atoms. The second kappa shape index (κ2) is 9.99. The maximum atomic E-state index is 12.0. The number of allylic oxidation sites excluding steroid dienone is 1. The van der Waals surface area contributed by atoms with Crippen LogP contribution < -0.4 is 5.32 Å². The third-order valence-electron chi connectivity index (χ3n) is 4.59. The monoisotopic (exact) mass is 296 g/mol. The Morgan fingerprint density at radius 1 is 1.19 bits per heavy atom. The van der Waals surface area contributed by atoms with Gasteiger partial charge in [-0.25, -0.2) is 0 Å². The molecule has 0 spiro atoms. The fraction of sp³-hybridized carbons (Fsp3) is 0.833. The van der Waals surface area contributed by atoms with E-state index in [0.29, 0.717) is 12.3 Å². The summed E-state index contributed by atoms with van der Waals surface area (Å²) in [4.78, 5) is 12.0. The van der Waals surface area contributed by atoms with Crippen LogP contribution in [-0.4, -0.2) is 24.7 Å². The van der Waals surface area contributed by atoms with E-state index in [1.54, 1.807) is 0 Å². The largest absolute Gasteiger partial charge is 0.459 e. The average Bonchev–Trinajstić information content (AvgIpc) is 2.47. The van der Waals surface area contributed by atoms with Gasteiger partial charge in [0.15, 0.2) is 0 Å². The summed E-state index contributed by atoms with van der Waals surface area (Å²) in [5.41, 5.74) is -0.296. The molecule has 0 aliphatic carbocycles. The molecule has 1 aliphatic heterocycles. The molecule has 1 saturated heterocycles. The molecule has 3 nitrogen and oxygen atoms in total. The number of carbonyl (C=O) groups excluding carboxylic acids is 1. The van der Waals surface area contributed by atoms with E-state index < -0.39 is 0 Å². The molecule has 0 amide bonds. The van der Waals surface area contributed by atoms with Gasteiger partial charge in [-0.2, -0.15) is 0 Å². The van der Waals surface area contributed by atoms with Crippen molar-refractivity contribution in [2.45, 2.75) is 77.2 Å². The van der Waals surface area contributed by atoms with Gasteiger partial charge in [-0.1, -0.05) is 25.3 Å². The molecule has 0 aromatic carbocycles. The maximum absolute atomic E-state index is 12.0. The minimum atomic E-state index is -0.296. The fourth-order valence-electron chi connectivity index (χ4n) is 3.14. The highest BCUT2D eigenvalue weighted by atomic mass is 16.6. The Bertz CT molecular complexity index is 306. The summed E-state index contributed by atoms with van der Waals surface area (Å²) in [7, 11) is 0. The van der Waals surface area contributed by atoms with Crippen LogP contribution >= 0.6 is 0 Å². The van der Waals surface area contributed by atoms with E-state index in [4.69, 9.17) is 4.74 Å². The van der Waals surface area contributed by atoms with E-state index >= 15 is 0 Å². The van der Waals surface area contributed by atoms with Crippen molar-refractivity contribution in [3.63, 3.8) is 0 Å². The van der Waals surface area contributed by atoms with Gasteiger partial charge in [0.2, 0.25) is 0 Å². The predicted octanol–water partition coefficient (Wildman–Crippen LogP) is 3.20. The van der Waals surface area contributed by atoms with Gasteiger partial charge in [0.05, 0.1) is 13.1 Å². The maximum Gasteiger partial charge on any atom is 0.306 e.